The van der Waals surface area contributed by atoms with Crippen molar-refractivity contribution >= 4 is 23.0 Å². The highest BCUT2D eigenvalue weighted by molar-refractivity contribution is 6.31. The largest absolute Gasteiger partial charge is 0.493 e. The van der Waals surface area contributed by atoms with E-state index < -0.39 is 11.4 Å². The van der Waals surface area contributed by atoms with Gasteiger partial charge in [0.25, 0.3) is 5.56 Å². The number of aromatic hydroxyl groups is 1. The van der Waals surface area contributed by atoms with Gasteiger partial charge < -0.3 is 9.52 Å². The van der Waals surface area contributed by atoms with Crippen LogP contribution in [0.2, 0.25) is 5.02 Å². The summed E-state index contributed by atoms with van der Waals surface area (Å²) in [5, 5.41) is 28.3. The molecule has 0 atom stereocenters. The lowest BCUT2D eigenvalue weighted by Gasteiger charge is -2.11. The van der Waals surface area contributed by atoms with Gasteiger partial charge in [0.1, 0.15) is 17.4 Å². The molecule has 0 amide bonds. The Morgan fingerprint density at radius 1 is 1.30 bits per heavy atom. The van der Waals surface area contributed by atoms with E-state index in [1.807, 2.05) is 13.0 Å². The van der Waals surface area contributed by atoms with E-state index in [-0.39, 0.29) is 23.4 Å². The first-order valence-electron chi connectivity index (χ1n) is 7.99. The standard InChI is InChI=1S/C19H15ClN4O3/c1-11-5-6-13(8-16(11)20)22-23-17-12(2)15(9-21)18(25)24(19(17)26)10-14-4-3-7-27-14/h3-8,25H,10H2,1-2H3. The van der Waals surface area contributed by atoms with E-state index in [9.17, 15) is 15.2 Å². The van der Waals surface area contributed by atoms with Crippen LogP contribution in [0.3, 0.4) is 0 Å². The summed E-state index contributed by atoms with van der Waals surface area (Å²) < 4.78 is 6.25. The van der Waals surface area contributed by atoms with Gasteiger partial charge in [0, 0.05) is 10.6 Å². The molecule has 3 rings (SSSR count). The Kier molecular flexibility index (Phi) is 5.10. The molecule has 0 saturated heterocycles. The molecule has 27 heavy (non-hydrogen) atoms. The number of nitriles is 1. The van der Waals surface area contributed by atoms with Crippen LogP contribution in [0, 0.1) is 25.2 Å². The lowest BCUT2D eigenvalue weighted by Crippen LogP contribution is -2.22. The van der Waals surface area contributed by atoms with Crippen LogP contribution in [0.15, 0.2) is 56.0 Å². The third kappa shape index (κ3) is 3.61. The van der Waals surface area contributed by atoms with Crippen molar-refractivity contribution in [2.75, 3.05) is 0 Å². The smallest absolute Gasteiger partial charge is 0.281 e. The lowest BCUT2D eigenvalue weighted by molar-refractivity contribution is 0.397. The first-order valence-corrected chi connectivity index (χ1v) is 8.37. The summed E-state index contributed by atoms with van der Waals surface area (Å²) in [7, 11) is 0. The summed E-state index contributed by atoms with van der Waals surface area (Å²) in [5.41, 5.74) is 0.947. The Hall–Kier alpha value is -3.37. The Morgan fingerprint density at radius 3 is 2.70 bits per heavy atom. The second-order valence-corrected chi connectivity index (χ2v) is 6.30. The first kappa shape index (κ1) is 18.4. The fourth-order valence-electron chi connectivity index (χ4n) is 2.51. The van der Waals surface area contributed by atoms with Crippen LogP contribution in [0.1, 0.15) is 22.5 Å². The number of hydrogen-bond acceptors (Lipinski definition) is 6. The highest BCUT2D eigenvalue weighted by Gasteiger charge is 2.20. The van der Waals surface area contributed by atoms with Gasteiger partial charge in [-0.1, -0.05) is 17.7 Å². The van der Waals surface area contributed by atoms with E-state index in [0.29, 0.717) is 16.5 Å². The number of hydrogen-bond donors (Lipinski definition) is 1. The van der Waals surface area contributed by atoms with Crippen LogP contribution in [0.4, 0.5) is 11.4 Å². The molecule has 3 aromatic rings. The Labute approximate surface area is 159 Å². The molecule has 0 radical (unpaired) electrons. The van der Waals surface area contributed by atoms with Gasteiger partial charge in [0.15, 0.2) is 5.69 Å². The van der Waals surface area contributed by atoms with Crippen molar-refractivity contribution in [2.45, 2.75) is 20.4 Å². The molecule has 0 saturated carbocycles. The normalized spacial score (nSPS) is 11.0. The minimum atomic E-state index is -0.581. The summed E-state index contributed by atoms with van der Waals surface area (Å²) in [6, 6.07) is 10.4. The third-order valence-corrected chi connectivity index (χ3v) is 4.49. The van der Waals surface area contributed by atoms with Gasteiger partial charge in [-0.25, -0.2) is 0 Å². The zero-order valence-electron chi connectivity index (χ0n) is 14.6. The second kappa shape index (κ2) is 7.48. The van der Waals surface area contributed by atoms with Gasteiger partial charge >= 0.3 is 0 Å². The quantitative estimate of drug-likeness (QED) is 0.657. The molecule has 8 heteroatoms. The zero-order chi connectivity index (χ0) is 19.6. The van der Waals surface area contributed by atoms with Crippen molar-refractivity contribution in [1.29, 1.82) is 5.26 Å². The van der Waals surface area contributed by atoms with E-state index in [1.165, 1.54) is 13.2 Å². The van der Waals surface area contributed by atoms with E-state index in [2.05, 4.69) is 10.2 Å². The lowest BCUT2D eigenvalue weighted by atomic mass is 10.1. The van der Waals surface area contributed by atoms with E-state index in [1.54, 1.807) is 30.3 Å². The summed E-state index contributed by atoms with van der Waals surface area (Å²) in [5.74, 6) is 0.0158. The van der Waals surface area contributed by atoms with E-state index >= 15 is 0 Å². The average Bonchev–Trinajstić information content (AvgIpc) is 3.15. The fourth-order valence-corrected chi connectivity index (χ4v) is 2.69. The molecule has 0 aliphatic rings. The maximum Gasteiger partial charge on any atom is 0.281 e. The van der Waals surface area contributed by atoms with Crippen LogP contribution in [-0.2, 0) is 6.54 Å². The third-order valence-electron chi connectivity index (χ3n) is 4.08. The topological polar surface area (TPSA) is 104 Å². The van der Waals surface area contributed by atoms with Crippen molar-refractivity contribution in [2.24, 2.45) is 10.2 Å². The molecule has 0 aliphatic carbocycles. The molecule has 136 valence electrons. The molecular weight excluding hydrogens is 368 g/mol. The number of furan rings is 1. The Bertz CT molecular complexity index is 1130. The van der Waals surface area contributed by atoms with E-state index in [0.717, 1.165) is 10.1 Å². The van der Waals surface area contributed by atoms with Crippen LogP contribution >= 0.6 is 11.6 Å². The summed E-state index contributed by atoms with van der Waals surface area (Å²) in [6.45, 7) is 3.36. The van der Waals surface area contributed by atoms with Gasteiger partial charge in [-0.15, -0.1) is 5.11 Å². The maximum atomic E-state index is 12.8. The average molecular weight is 383 g/mol. The van der Waals surface area contributed by atoms with Crippen molar-refractivity contribution in [3.05, 3.63) is 74.4 Å². The van der Waals surface area contributed by atoms with Crippen LogP contribution < -0.4 is 5.56 Å². The number of azo groups is 1. The van der Waals surface area contributed by atoms with Gasteiger partial charge in [-0.2, -0.15) is 10.4 Å². The molecule has 7 nitrogen and oxygen atoms in total. The number of aryl methyl sites for hydroxylation is 1. The van der Waals surface area contributed by atoms with Crippen molar-refractivity contribution in [1.82, 2.24) is 4.57 Å². The Morgan fingerprint density at radius 2 is 2.07 bits per heavy atom. The van der Waals surface area contributed by atoms with Crippen molar-refractivity contribution < 1.29 is 9.52 Å². The van der Waals surface area contributed by atoms with Gasteiger partial charge in [0.05, 0.1) is 18.5 Å². The monoisotopic (exact) mass is 382 g/mol. The number of pyridine rings is 1. The minimum Gasteiger partial charge on any atom is -0.493 e. The predicted molar refractivity (Wildman–Crippen MR) is 100.0 cm³/mol. The molecule has 1 aromatic carbocycles. The molecule has 0 spiro atoms. The maximum absolute atomic E-state index is 12.8. The molecule has 0 bridgehead atoms. The molecule has 2 aromatic heterocycles. The van der Waals surface area contributed by atoms with Crippen molar-refractivity contribution in [3.63, 3.8) is 0 Å². The number of nitrogens with zero attached hydrogens (tertiary/aromatic N) is 4. The minimum absolute atomic E-state index is 0.0346. The summed E-state index contributed by atoms with van der Waals surface area (Å²) >= 11 is 6.08. The predicted octanol–water partition coefficient (Wildman–Crippen LogP) is 4.75. The second-order valence-electron chi connectivity index (χ2n) is 5.89. The molecular formula is C19H15ClN4O3. The number of halogens is 1. The Balaban J connectivity index is 2.11. The number of rotatable bonds is 4. The highest BCUT2D eigenvalue weighted by atomic mass is 35.5. The first-order chi connectivity index (χ1) is 12.9. The number of benzene rings is 1. The van der Waals surface area contributed by atoms with E-state index in [4.69, 9.17) is 16.0 Å². The fraction of sp³-hybridized carbons (Fsp3) is 0.158. The number of aromatic nitrogens is 1. The van der Waals surface area contributed by atoms with Crippen LogP contribution in [0.25, 0.3) is 0 Å². The summed E-state index contributed by atoms with van der Waals surface area (Å²) in [4.78, 5) is 12.8. The molecule has 1 N–H and O–H groups in total. The molecule has 0 aliphatic heterocycles. The van der Waals surface area contributed by atoms with Crippen LogP contribution in [0.5, 0.6) is 5.88 Å². The zero-order valence-corrected chi connectivity index (χ0v) is 15.4. The van der Waals surface area contributed by atoms with Gasteiger partial charge in [0.2, 0.25) is 5.88 Å². The van der Waals surface area contributed by atoms with Crippen LogP contribution in [-0.4, -0.2) is 9.67 Å². The SMILES string of the molecule is Cc1ccc(N=Nc2c(C)c(C#N)c(O)n(Cc3ccco3)c2=O)cc1Cl. The highest BCUT2D eigenvalue weighted by Crippen LogP contribution is 2.28. The van der Waals surface area contributed by atoms with Gasteiger partial charge in [-0.05, 0) is 43.7 Å². The van der Waals surface area contributed by atoms with Gasteiger partial charge in [-0.3, -0.25) is 9.36 Å². The molecule has 0 fully saturated rings. The van der Waals surface area contributed by atoms with Crippen molar-refractivity contribution in [3.8, 4) is 11.9 Å². The molecule has 0 unspecified atom stereocenters. The molecule has 2 heterocycles. The summed E-state index contributed by atoms with van der Waals surface area (Å²) in [6.07, 6.45) is 1.46.